The minimum absolute atomic E-state index is 0.0245. The van der Waals surface area contributed by atoms with Gasteiger partial charge in [-0.15, -0.1) is 0 Å². The molecule has 1 heterocycles. The summed E-state index contributed by atoms with van der Waals surface area (Å²) in [4.78, 5) is 49.7. The minimum Gasteiger partial charge on any atom is -0.462 e. The van der Waals surface area contributed by atoms with E-state index < -0.39 is 41.3 Å². The number of amides is 3. The van der Waals surface area contributed by atoms with Crippen LogP contribution in [0.4, 0.5) is 23.7 Å². The molecule has 3 amide bonds. The number of thioether (sulfide) groups is 1. The first-order chi connectivity index (χ1) is 16.0. The fourth-order valence-corrected chi connectivity index (χ4v) is 3.94. The molecule has 1 saturated heterocycles. The number of rotatable bonds is 6. The van der Waals surface area contributed by atoms with Crippen LogP contribution in [0.1, 0.15) is 28.4 Å². The number of nitrogens with zero attached hydrogens (tertiary/aromatic N) is 1. The van der Waals surface area contributed by atoms with Gasteiger partial charge in [0.2, 0.25) is 5.91 Å². The van der Waals surface area contributed by atoms with E-state index in [1.807, 2.05) is 0 Å². The molecule has 3 rings (SSSR count). The monoisotopic (exact) mass is 512 g/mol. The van der Waals surface area contributed by atoms with E-state index in [4.69, 9.17) is 16.3 Å². The third-order valence-electron chi connectivity index (χ3n) is 4.43. The molecule has 2 aromatic carbocycles. The number of carbonyl (C=O) groups is 4. The van der Waals surface area contributed by atoms with Crippen LogP contribution in [-0.2, 0) is 20.5 Å². The van der Waals surface area contributed by atoms with Crippen molar-refractivity contribution in [3.8, 4) is 0 Å². The van der Waals surface area contributed by atoms with Crippen LogP contribution in [0, 0.1) is 0 Å². The Hall–Kier alpha value is -3.31. The summed E-state index contributed by atoms with van der Waals surface area (Å²) in [5.41, 5.74) is -0.608. The molecule has 0 atom stereocenters. The van der Waals surface area contributed by atoms with E-state index in [2.05, 4.69) is 5.32 Å². The van der Waals surface area contributed by atoms with Crippen molar-refractivity contribution in [3.05, 3.63) is 69.1 Å². The maximum absolute atomic E-state index is 12.9. The molecule has 0 aromatic heterocycles. The van der Waals surface area contributed by atoms with Gasteiger partial charge < -0.3 is 10.1 Å². The van der Waals surface area contributed by atoms with Crippen molar-refractivity contribution in [1.82, 2.24) is 4.90 Å². The standard InChI is InChI=1S/C22H16ClF3N2O5S/c1-2-33-20(31)15-10-14(6-7-16(15)23)27-18(29)11-28-19(30)17(34-21(28)32)9-12-4-3-5-13(8-12)22(24,25)26/h3-10H,2,11H2,1H3,(H,27,29)/b17-9+. The van der Waals surface area contributed by atoms with Gasteiger partial charge in [0.05, 0.1) is 27.7 Å². The summed E-state index contributed by atoms with van der Waals surface area (Å²) in [6.45, 7) is 1.11. The molecule has 0 bridgehead atoms. The van der Waals surface area contributed by atoms with Crippen LogP contribution in [0.3, 0.4) is 0 Å². The summed E-state index contributed by atoms with van der Waals surface area (Å²) in [5.74, 6) is -2.24. The van der Waals surface area contributed by atoms with Crippen molar-refractivity contribution < 1.29 is 37.1 Å². The van der Waals surface area contributed by atoms with Crippen LogP contribution >= 0.6 is 23.4 Å². The van der Waals surface area contributed by atoms with Crippen molar-refractivity contribution in [1.29, 1.82) is 0 Å². The van der Waals surface area contributed by atoms with Gasteiger partial charge in [-0.1, -0.05) is 23.7 Å². The highest BCUT2D eigenvalue weighted by molar-refractivity contribution is 8.18. The van der Waals surface area contributed by atoms with E-state index in [-0.39, 0.29) is 33.3 Å². The Morgan fingerprint density at radius 3 is 2.59 bits per heavy atom. The van der Waals surface area contributed by atoms with Gasteiger partial charge in [0.1, 0.15) is 6.54 Å². The topological polar surface area (TPSA) is 92.8 Å². The summed E-state index contributed by atoms with van der Waals surface area (Å²) in [7, 11) is 0. The third kappa shape index (κ3) is 5.97. The maximum Gasteiger partial charge on any atom is 0.416 e. The second-order valence-corrected chi connectivity index (χ2v) is 8.25. The normalized spacial score (nSPS) is 15.1. The van der Waals surface area contributed by atoms with E-state index in [0.29, 0.717) is 16.7 Å². The Labute approximate surface area is 200 Å². The molecule has 0 spiro atoms. The Balaban J connectivity index is 1.71. The van der Waals surface area contributed by atoms with E-state index in [9.17, 15) is 32.3 Å². The van der Waals surface area contributed by atoms with Crippen molar-refractivity contribution in [2.45, 2.75) is 13.1 Å². The second kappa shape index (κ2) is 10.3. The Morgan fingerprint density at radius 1 is 1.18 bits per heavy atom. The number of esters is 1. The number of alkyl halides is 3. The molecule has 12 heteroatoms. The molecule has 0 aliphatic carbocycles. The van der Waals surface area contributed by atoms with Gasteiger partial charge in [0, 0.05) is 5.69 Å². The first kappa shape index (κ1) is 25.3. The number of ether oxygens (including phenoxy) is 1. The van der Waals surface area contributed by atoms with Crippen molar-refractivity contribution in [2.75, 3.05) is 18.5 Å². The number of anilines is 1. The zero-order chi connectivity index (χ0) is 25.0. The molecule has 0 saturated carbocycles. The number of hydrogen-bond donors (Lipinski definition) is 1. The molecule has 178 valence electrons. The predicted molar refractivity (Wildman–Crippen MR) is 120 cm³/mol. The van der Waals surface area contributed by atoms with Gasteiger partial charge in [0.15, 0.2) is 0 Å². The van der Waals surface area contributed by atoms with Gasteiger partial charge in [0.25, 0.3) is 11.1 Å². The number of hydrogen-bond acceptors (Lipinski definition) is 6. The Morgan fingerprint density at radius 2 is 1.91 bits per heavy atom. The van der Waals surface area contributed by atoms with Crippen molar-refractivity contribution in [2.24, 2.45) is 0 Å². The highest BCUT2D eigenvalue weighted by Crippen LogP contribution is 2.34. The van der Waals surface area contributed by atoms with Gasteiger partial charge in [-0.25, -0.2) is 4.79 Å². The number of halogens is 4. The molecule has 1 aliphatic rings. The van der Waals surface area contributed by atoms with Crippen LogP contribution < -0.4 is 5.32 Å². The lowest BCUT2D eigenvalue weighted by molar-refractivity contribution is -0.137. The zero-order valence-electron chi connectivity index (χ0n) is 17.4. The van der Waals surface area contributed by atoms with Crippen LogP contribution in [0.25, 0.3) is 6.08 Å². The number of benzene rings is 2. The minimum atomic E-state index is -4.56. The lowest BCUT2D eigenvalue weighted by Gasteiger charge is -2.13. The van der Waals surface area contributed by atoms with Gasteiger partial charge >= 0.3 is 12.1 Å². The van der Waals surface area contributed by atoms with Crippen molar-refractivity contribution in [3.63, 3.8) is 0 Å². The van der Waals surface area contributed by atoms with E-state index in [1.165, 1.54) is 30.3 Å². The molecule has 7 nitrogen and oxygen atoms in total. The maximum atomic E-state index is 12.9. The zero-order valence-corrected chi connectivity index (χ0v) is 19.0. The smallest absolute Gasteiger partial charge is 0.416 e. The average molecular weight is 513 g/mol. The Kier molecular flexibility index (Phi) is 7.68. The molecule has 0 unspecified atom stereocenters. The summed E-state index contributed by atoms with van der Waals surface area (Å²) in [5, 5.41) is 1.82. The van der Waals surface area contributed by atoms with Gasteiger partial charge in [-0.3, -0.25) is 19.3 Å². The lowest BCUT2D eigenvalue weighted by atomic mass is 10.1. The summed E-state index contributed by atoms with van der Waals surface area (Å²) in [6.07, 6.45) is -3.40. The molecule has 2 aromatic rings. The van der Waals surface area contributed by atoms with Crippen LogP contribution in [0.5, 0.6) is 0 Å². The molecular formula is C22H16ClF3N2O5S. The molecule has 1 aliphatic heterocycles. The molecule has 1 N–H and O–H groups in total. The molecule has 1 fully saturated rings. The second-order valence-electron chi connectivity index (χ2n) is 6.85. The highest BCUT2D eigenvalue weighted by atomic mass is 35.5. The SMILES string of the molecule is CCOC(=O)c1cc(NC(=O)CN2C(=O)S/C(=C/c3cccc(C(F)(F)F)c3)C2=O)ccc1Cl. The Bertz CT molecular complexity index is 1200. The first-order valence-electron chi connectivity index (χ1n) is 9.68. The molecule has 0 radical (unpaired) electrons. The van der Waals surface area contributed by atoms with E-state index >= 15 is 0 Å². The van der Waals surface area contributed by atoms with Gasteiger partial charge in [-0.05, 0) is 60.7 Å². The fraction of sp³-hybridized carbons (Fsp3) is 0.182. The first-order valence-corrected chi connectivity index (χ1v) is 10.9. The highest BCUT2D eigenvalue weighted by Gasteiger charge is 2.36. The third-order valence-corrected chi connectivity index (χ3v) is 5.67. The molecule has 34 heavy (non-hydrogen) atoms. The van der Waals surface area contributed by atoms with Crippen LogP contribution in [0.15, 0.2) is 47.4 Å². The number of imide groups is 1. The van der Waals surface area contributed by atoms with Gasteiger partial charge in [-0.2, -0.15) is 13.2 Å². The van der Waals surface area contributed by atoms with Crippen LogP contribution in [-0.4, -0.2) is 41.1 Å². The van der Waals surface area contributed by atoms with E-state index in [0.717, 1.165) is 18.2 Å². The predicted octanol–water partition coefficient (Wildman–Crippen LogP) is 5.21. The number of nitrogens with one attached hydrogen (secondary N) is 1. The summed E-state index contributed by atoms with van der Waals surface area (Å²) < 4.78 is 43.6. The quantitative estimate of drug-likeness (QED) is 0.422. The summed E-state index contributed by atoms with van der Waals surface area (Å²) in [6, 6.07) is 8.37. The van der Waals surface area contributed by atoms with E-state index in [1.54, 1.807) is 6.92 Å². The largest absolute Gasteiger partial charge is 0.462 e. The lowest BCUT2D eigenvalue weighted by Crippen LogP contribution is -2.36. The van der Waals surface area contributed by atoms with Crippen molar-refractivity contribution >= 4 is 58.1 Å². The molecular weight excluding hydrogens is 497 g/mol. The van der Waals surface area contributed by atoms with Crippen LogP contribution in [0.2, 0.25) is 5.02 Å². The number of carbonyl (C=O) groups excluding carboxylic acids is 4. The summed E-state index contributed by atoms with van der Waals surface area (Å²) >= 11 is 6.48. The fourth-order valence-electron chi connectivity index (χ4n) is 2.90. The average Bonchev–Trinajstić information content (AvgIpc) is 3.02.